The molecular weight excluding hydrogens is 570 g/mol. The van der Waals surface area contributed by atoms with Crippen molar-refractivity contribution < 1.29 is 75.0 Å². The largest absolute Gasteiger partial charge is 0.511 e. The van der Waals surface area contributed by atoms with Crippen LogP contribution in [0.3, 0.4) is 0 Å². The van der Waals surface area contributed by atoms with Gasteiger partial charge in [0.05, 0.1) is 0 Å². The summed E-state index contributed by atoms with van der Waals surface area (Å²) in [4.78, 5) is -4.10. The molecule has 200 valence electrons. The number of benzene rings is 2. The first-order valence-electron chi connectivity index (χ1n) is 8.77. The second-order valence-electron chi connectivity index (χ2n) is 7.41. The standard InChI is InChI=1S/C17H8F10O7S2/c18-6-3-9(36(32,33)34)12-10-4(1-7(28)13(12)15(19,20)21)5(2-8(11(6)10)35(29,30)31)14(16(22,23)24)17(25,26)27/h1-3,13-14,28H,(H,29,30,31)(H,32,33,34). The highest BCUT2D eigenvalue weighted by molar-refractivity contribution is 7.86. The number of alkyl halides is 9. The van der Waals surface area contributed by atoms with Crippen LogP contribution in [-0.2, 0) is 20.2 Å². The molecule has 2 aromatic rings. The van der Waals surface area contributed by atoms with Crippen LogP contribution in [0, 0.1) is 5.82 Å². The molecule has 1 unspecified atom stereocenters. The summed E-state index contributed by atoms with van der Waals surface area (Å²) in [5.41, 5.74) is -5.86. The van der Waals surface area contributed by atoms with Crippen LogP contribution in [-0.4, -0.2) is 49.6 Å². The molecule has 0 radical (unpaired) electrons. The molecule has 36 heavy (non-hydrogen) atoms. The van der Waals surface area contributed by atoms with Crippen molar-refractivity contribution in [1.82, 2.24) is 0 Å². The van der Waals surface area contributed by atoms with E-state index < -0.39 is 112 Å². The lowest BCUT2D eigenvalue weighted by molar-refractivity contribution is -0.253. The average molecular weight is 578 g/mol. The number of halogens is 10. The summed E-state index contributed by atoms with van der Waals surface area (Å²) in [7, 11) is -11.9. The maximum atomic E-state index is 14.8. The zero-order valence-electron chi connectivity index (χ0n) is 16.5. The zero-order valence-corrected chi connectivity index (χ0v) is 18.1. The second-order valence-corrected chi connectivity index (χ2v) is 10.2. The monoisotopic (exact) mass is 578 g/mol. The number of aliphatic hydroxyl groups excluding tert-OH is 1. The minimum atomic E-state index is -6.32. The zero-order chi connectivity index (χ0) is 28.0. The lowest BCUT2D eigenvalue weighted by Gasteiger charge is -2.31. The Morgan fingerprint density at radius 1 is 0.778 bits per heavy atom. The Bertz CT molecular complexity index is 1500. The van der Waals surface area contributed by atoms with Crippen molar-refractivity contribution in [1.29, 1.82) is 0 Å². The smallest absolute Gasteiger partial charge is 0.404 e. The van der Waals surface area contributed by atoms with Gasteiger partial charge in [-0.3, -0.25) is 9.11 Å². The summed E-state index contributed by atoms with van der Waals surface area (Å²) < 4.78 is 203. The Morgan fingerprint density at radius 3 is 1.64 bits per heavy atom. The number of hydrogen-bond donors (Lipinski definition) is 3. The summed E-state index contributed by atoms with van der Waals surface area (Å²) >= 11 is 0. The molecule has 1 atom stereocenters. The third kappa shape index (κ3) is 4.59. The molecule has 0 bridgehead atoms. The van der Waals surface area contributed by atoms with Crippen LogP contribution in [0.4, 0.5) is 43.9 Å². The van der Waals surface area contributed by atoms with Gasteiger partial charge in [-0.25, -0.2) is 4.39 Å². The third-order valence-electron chi connectivity index (χ3n) is 5.12. The first kappa shape index (κ1) is 27.9. The minimum absolute atomic E-state index is 0.297. The summed E-state index contributed by atoms with van der Waals surface area (Å²) in [5.74, 6) is -12.5. The van der Waals surface area contributed by atoms with Gasteiger partial charge in [-0.05, 0) is 34.7 Å². The fourth-order valence-electron chi connectivity index (χ4n) is 3.94. The predicted octanol–water partition coefficient (Wildman–Crippen LogP) is 5.24. The van der Waals surface area contributed by atoms with E-state index in [-0.39, 0.29) is 6.08 Å². The molecule has 0 spiro atoms. The fourth-order valence-corrected chi connectivity index (χ4v) is 5.43. The van der Waals surface area contributed by atoms with E-state index in [9.17, 15) is 75.0 Å². The quantitative estimate of drug-likeness (QED) is 0.336. The van der Waals surface area contributed by atoms with Gasteiger partial charge in [0.15, 0.2) is 5.92 Å². The Kier molecular flexibility index (Phi) is 6.15. The first-order chi connectivity index (χ1) is 15.9. The molecule has 0 heterocycles. The Hall–Kier alpha value is -2.64. The van der Waals surface area contributed by atoms with Crippen molar-refractivity contribution in [3.05, 3.63) is 40.4 Å². The summed E-state index contributed by atoms with van der Waals surface area (Å²) in [6, 6.07) is -0.899. The summed E-state index contributed by atoms with van der Waals surface area (Å²) in [6.45, 7) is 0. The molecule has 19 heteroatoms. The maximum Gasteiger partial charge on any atom is 0.404 e. The Labute approximate surface area is 193 Å². The molecule has 0 saturated heterocycles. The van der Waals surface area contributed by atoms with Crippen LogP contribution in [0.5, 0.6) is 0 Å². The van der Waals surface area contributed by atoms with E-state index in [2.05, 4.69) is 0 Å². The molecule has 0 aliphatic heterocycles. The van der Waals surface area contributed by atoms with Gasteiger partial charge < -0.3 is 5.11 Å². The van der Waals surface area contributed by atoms with Gasteiger partial charge >= 0.3 is 18.5 Å². The van der Waals surface area contributed by atoms with Gasteiger partial charge in [0.25, 0.3) is 20.2 Å². The predicted molar refractivity (Wildman–Crippen MR) is 97.8 cm³/mol. The van der Waals surface area contributed by atoms with E-state index in [4.69, 9.17) is 0 Å². The van der Waals surface area contributed by atoms with Crippen molar-refractivity contribution in [3.8, 4) is 0 Å². The SMILES string of the molecule is O=S(=O)(O)c1cc(F)c2c(S(=O)(=O)O)cc(C(C(F)(F)F)C(F)(F)F)c3c2c1C(C(F)(F)F)C(O)=C3. The van der Waals surface area contributed by atoms with Gasteiger partial charge in [-0.15, -0.1) is 0 Å². The van der Waals surface area contributed by atoms with Crippen LogP contribution in [0.15, 0.2) is 27.7 Å². The lowest BCUT2D eigenvalue weighted by atomic mass is 9.79. The number of hydrogen-bond acceptors (Lipinski definition) is 5. The van der Waals surface area contributed by atoms with Crippen molar-refractivity contribution in [2.45, 2.75) is 40.2 Å². The van der Waals surface area contributed by atoms with E-state index in [1.807, 2.05) is 0 Å². The van der Waals surface area contributed by atoms with Gasteiger partial charge in [-0.2, -0.15) is 56.3 Å². The Balaban J connectivity index is 2.83. The molecule has 0 aromatic heterocycles. The van der Waals surface area contributed by atoms with Crippen LogP contribution in [0.25, 0.3) is 16.8 Å². The molecule has 7 nitrogen and oxygen atoms in total. The molecule has 1 aliphatic carbocycles. The van der Waals surface area contributed by atoms with E-state index >= 15 is 0 Å². The van der Waals surface area contributed by atoms with Crippen LogP contribution >= 0.6 is 0 Å². The number of rotatable bonds is 3. The number of allylic oxidation sites excluding steroid dienone is 1. The van der Waals surface area contributed by atoms with E-state index in [1.165, 1.54) is 0 Å². The average Bonchev–Trinajstić information content (AvgIpc) is 2.59. The molecular formula is C17H8F10O7S2. The van der Waals surface area contributed by atoms with Gasteiger partial charge in [0.1, 0.15) is 27.3 Å². The highest BCUT2D eigenvalue weighted by atomic mass is 32.2. The normalized spacial score (nSPS) is 17.6. The van der Waals surface area contributed by atoms with Gasteiger partial charge in [0.2, 0.25) is 0 Å². The molecule has 0 saturated carbocycles. The molecule has 2 aromatic carbocycles. The molecule has 3 rings (SSSR count). The summed E-state index contributed by atoms with van der Waals surface area (Å²) in [5, 5.41) is 6.44. The van der Waals surface area contributed by atoms with E-state index in [0.717, 1.165) is 0 Å². The van der Waals surface area contributed by atoms with Crippen molar-refractivity contribution in [2.75, 3.05) is 0 Å². The van der Waals surface area contributed by atoms with E-state index in [1.54, 1.807) is 0 Å². The highest BCUT2D eigenvalue weighted by Crippen LogP contribution is 2.55. The first-order valence-corrected chi connectivity index (χ1v) is 11.6. The Morgan fingerprint density at radius 2 is 1.25 bits per heavy atom. The minimum Gasteiger partial charge on any atom is -0.511 e. The second kappa shape index (κ2) is 7.93. The number of aliphatic hydroxyl groups is 1. The van der Waals surface area contributed by atoms with E-state index in [0.29, 0.717) is 0 Å². The van der Waals surface area contributed by atoms with Crippen molar-refractivity contribution in [2.24, 2.45) is 0 Å². The van der Waals surface area contributed by atoms with Crippen molar-refractivity contribution in [3.63, 3.8) is 0 Å². The lowest BCUT2D eigenvalue weighted by Crippen LogP contribution is -2.35. The van der Waals surface area contributed by atoms with Gasteiger partial charge in [-0.1, -0.05) is 0 Å². The van der Waals surface area contributed by atoms with Crippen LogP contribution < -0.4 is 0 Å². The third-order valence-corrected chi connectivity index (χ3v) is 6.89. The molecule has 1 aliphatic rings. The maximum absolute atomic E-state index is 14.8. The van der Waals surface area contributed by atoms with Gasteiger partial charge in [0, 0.05) is 10.9 Å². The highest BCUT2D eigenvalue weighted by Gasteiger charge is 2.59. The van der Waals surface area contributed by atoms with Crippen LogP contribution in [0.2, 0.25) is 0 Å². The fraction of sp³-hybridized carbons (Fsp3) is 0.294. The van der Waals surface area contributed by atoms with Crippen molar-refractivity contribution >= 4 is 37.1 Å². The summed E-state index contributed by atoms with van der Waals surface area (Å²) in [6.07, 6.45) is -18.7. The molecule has 0 fully saturated rings. The van der Waals surface area contributed by atoms with Crippen LogP contribution in [0.1, 0.15) is 28.5 Å². The molecule has 0 amide bonds. The molecule has 3 N–H and O–H groups in total. The topological polar surface area (TPSA) is 129 Å².